The molecule has 0 saturated carbocycles. The second-order valence-electron chi connectivity index (χ2n) is 4.72. The van der Waals surface area contributed by atoms with Crippen molar-refractivity contribution in [3.63, 3.8) is 0 Å². The number of aromatic nitrogens is 2. The predicted molar refractivity (Wildman–Crippen MR) is 77.5 cm³/mol. The van der Waals surface area contributed by atoms with Crippen molar-refractivity contribution in [2.45, 2.75) is 33.1 Å². The van der Waals surface area contributed by atoms with Crippen LogP contribution in [0.2, 0.25) is 0 Å². The first-order valence-electron chi connectivity index (χ1n) is 6.22. The number of pyridine rings is 1. The molecule has 2 rings (SSSR count). The molecule has 0 bridgehead atoms. The molecule has 0 aliphatic heterocycles. The van der Waals surface area contributed by atoms with Crippen LogP contribution >= 0.6 is 11.3 Å². The second kappa shape index (κ2) is 5.93. The van der Waals surface area contributed by atoms with Crippen LogP contribution in [0.15, 0.2) is 23.6 Å². The van der Waals surface area contributed by atoms with E-state index in [0.717, 1.165) is 16.4 Å². The fourth-order valence-electron chi connectivity index (χ4n) is 1.63. The predicted octanol–water partition coefficient (Wildman–Crippen LogP) is 3.15. The molecule has 0 spiro atoms. The largest absolute Gasteiger partial charge is 0.310 e. The number of carbonyl (C=O) groups is 1. The van der Waals surface area contributed by atoms with Crippen LogP contribution in [0.25, 0.3) is 0 Å². The molecule has 1 N–H and O–H groups in total. The maximum absolute atomic E-state index is 11.9. The molecule has 4 nitrogen and oxygen atoms in total. The van der Waals surface area contributed by atoms with Crippen molar-refractivity contribution in [1.82, 2.24) is 9.97 Å². The van der Waals surface area contributed by atoms with E-state index < -0.39 is 0 Å². The molecule has 0 atom stereocenters. The van der Waals surface area contributed by atoms with E-state index in [2.05, 4.69) is 29.1 Å². The summed E-state index contributed by atoms with van der Waals surface area (Å²) in [6.45, 7) is 6.09. The lowest BCUT2D eigenvalue weighted by atomic mass is 10.2. The van der Waals surface area contributed by atoms with E-state index in [0.29, 0.717) is 18.2 Å². The van der Waals surface area contributed by atoms with Crippen molar-refractivity contribution in [3.05, 3.63) is 40.0 Å². The summed E-state index contributed by atoms with van der Waals surface area (Å²) in [5.41, 5.74) is 1.70. The van der Waals surface area contributed by atoms with E-state index in [1.807, 2.05) is 24.4 Å². The molecule has 0 radical (unpaired) electrons. The number of rotatable bonds is 4. The minimum Gasteiger partial charge on any atom is -0.310 e. The Kier molecular flexibility index (Phi) is 4.27. The van der Waals surface area contributed by atoms with Crippen LogP contribution in [0.5, 0.6) is 0 Å². The number of nitrogens with zero attached hydrogens (tertiary/aromatic N) is 2. The first-order valence-corrected chi connectivity index (χ1v) is 7.10. The standard InChI is InChI=1S/C14H17N3OS/c1-9(2)14-16-11(8-19-14)7-13(18)17-12-6-4-5-10(3)15-12/h4-6,8-9H,7H2,1-3H3,(H,15,17,18). The van der Waals surface area contributed by atoms with Gasteiger partial charge in [-0.2, -0.15) is 0 Å². The molecule has 2 aromatic heterocycles. The summed E-state index contributed by atoms with van der Waals surface area (Å²) in [6, 6.07) is 5.55. The van der Waals surface area contributed by atoms with Crippen LogP contribution in [0, 0.1) is 6.92 Å². The topological polar surface area (TPSA) is 54.9 Å². The Labute approximate surface area is 116 Å². The van der Waals surface area contributed by atoms with Crippen LogP contribution in [0.1, 0.15) is 36.2 Å². The van der Waals surface area contributed by atoms with E-state index in [1.165, 1.54) is 0 Å². The highest BCUT2D eigenvalue weighted by Gasteiger charge is 2.10. The van der Waals surface area contributed by atoms with Gasteiger partial charge in [-0.15, -0.1) is 11.3 Å². The summed E-state index contributed by atoms with van der Waals surface area (Å²) < 4.78 is 0. The fourth-order valence-corrected chi connectivity index (χ4v) is 2.47. The van der Waals surface area contributed by atoms with E-state index in [-0.39, 0.29) is 5.91 Å². The smallest absolute Gasteiger partial charge is 0.231 e. The van der Waals surface area contributed by atoms with Gasteiger partial charge in [0.15, 0.2) is 0 Å². The Morgan fingerprint density at radius 3 is 2.79 bits per heavy atom. The fraction of sp³-hybridized carbons (Fsp3) is 0.357. The third-order valence-corrected chi connectivity index (χ3v) is 3.76. The molecular formula is C14H17N3OS. The Bertz CT molecular complexity index is 578. The molecule has 1 amide bonds. The lowest BCUT2D eigenvalue weighted by Crippen LogP contribution is -2.15. The third-order valence-electron chi connectivity index (χ3n) is 2.56. The maximum atomic E-state index is 11.9. The van der Waals surface area contributed by atoms with Crippen molar-refractivity contribution >= 4 is 23.1 Å². The van der Waals surface area contributed by atoms with Crippen LogP contribution in [-0.2, 0) is 11.2 Å². The van der Waals surface area contributed by atoms with E-state index in [1.54, 1.807) is 17.4 Å². The van der Waals surface area contributed by atoms with Gasteiger partial charge in [-0.05, 0) is 19.1 Å². The van der Waals surface area contributed by atoms with Crippen LogP contribution in [-0.4, -0.2) is 15.9 Å². The van der Waals surface area contributed by atoms with Crippen molar-refractivity contribution in [2.24, 2.45) is 0 Å². The van der Waals surface area contributed by atoms with Gasteiger partial charge in [-0.1, -0.05) is 19.9 Å². The molecule has 5 heteroatoms. The molecule has 2 heterocycles. The average Bonchev–Trinajstić information content (AvgIpc) is 2.77. The normalized spacial score (nSPS) is 10.7. The number of amides is 1. The summed E-state index contributed by atoms with van der Waals surface area (Å²) >= 11 is 1.60. The van der Waals surface area contributed by atoms with Crippen molar-refractivity contribution < 1.29 is 4.79 Å². The Hall–Kier alpha value is -1.75. The first kappa shape index (κ1) is 13.7. The SMILES string of the molecule is Cc1cccc(NC(=O)Cc2csc(C(C)C)n2)n1. The molecule has 0 aromatic carbocycles. The molecule has 0 unspecified atom stereocenters. The summed E-state index contributed by atoms with van der Waals surface area (Å²) in [7, 11) is 0. The number of thiazole rings is 1. The molecule has 100 valence electrons. The summed E-state index contributed by atoms with van der Waals surface area (Å²) in [5.74, 6) is 0.906. The monoisotopic (exact) mass is 275 g/mol. The van der Waals surface area contributed by atoms with Gasteiger partial charge in [0, 0.05) is 17.0 Å². The van der Waals surface area contributed by atoms with Gasteiger partial charge in [0.25, 0.3) is 0 Å². The van der Waals surface area contributed by atoms with Gasteiger partial charge in [-0.3, -0.25) is 4.79 Å². The zero-order chi connectivity index (χ0) is 13.8. The van der Waals surface area contributed by atoms with E-state index in [4.69, 9.17) is 0 Å². The minimum absolute atomic E-state index is 0.0845. The highest BCUT2D eigenvalue weighted by Crippen LogP contribution is 2.19. The molecule has 0 aliphatic carbocycles. The van der Waals surface area contributed by atoms with Gasteiger partial charge in [0.2, 0.25) is 5.91 Å². The molecule has 0 fully saturated rings. The maximum Gasteiger partial charge on any atom is 0.231 e. The highest BCUT2D eigenvalue weighted by atomic mass is 32.1. The van der Waals surface area contributed by atoms with Gasteiger partial charge >= 0.3 is 0 Å². The molecule has 0 aliphatic rings. The van der Waals surface area contributed by atoms with Gasteiger partial charge in [-0.25, -0.2) is 9.97 Å². The van der Waals surface area contributed by atoms with Crippen LogP contribution in [0.3, 0.4) is 0 Å². The Morgan fingerprint density at radius 1 is 1.37 bits per heavy atom. The summed E-state index contributed by atoms with van der Waals surface area (Å²) in [6.07, 6.45) is 0.291. The molecular weight excluding hydrogens is 258 g/mol. The minimum atomic E-state index is -0.0845. The van der Waals surface area contributed by atoms with E-state index >= 15 is 0 Å². The number of carbonyl (C=O) groups excluding carboxylic acids is 1. The van der Waals surface area contributed by atoms with Gasteiger partial charge in [0.05, 0.1) is 17.1 Å². The Morgan fingerprint density at radius 2 is 2.16 bits per heavy atom. The van der Waals surface area contributed by atoms with Crippen LogP contribution in [0.4, 0.5) is 5.82 Å². The number of hydrogen-bond acceptors (Lipinski definition) is 4. The zero-order valence-corrected chi connectivity index (χ0v) is 12.1. The highest BCUT2D eigenvalue weighted by molar-refractivity contribution is 7.09. The second-order valence-corrected chi connectivity index (χ2v) is 5.61. The van der Waals surface area contributed by atoms with E-state index in [9.17, 15) is 4.79 Å². The van der Waals surface area contributed by atoms with Crippen molar-refractivity contribution in [2.75, 3.05) is 5.32 Å². The first-order chi connectivity index (χ1) is 9.04. The molecule has 0 saturated heterocycles. The van der Waals surface area contributed by atoms with Gasteiger partial charge < -0.3 is 5.32 Å². The summed E-state index contributed by atoms with van der Waals surface area (Å²) in [4.78, 5) is 20.6. The van der Waals surface area contributed by atoms with Crippen LogP contribution < -0.4 is 5.32 Å². The number of anilines is 1. The lowest BCUT2D eigenvalue weighted by Gasteiger charge is -2.03. The van der Waals surface area contributed by atoms with Gasteiger partial charge in [0.1, 0.15) is 5.82 Å². The van der Waals surface area contributed by atoms with Crippen molar-refractivity contribution in [1.29, 1.82) is 0 Å². The number of hydrogen-bond donors (Lipinski definition) is 1. The molecule has 2 aromatic rings. The molecule has 19 heavy (non-hydrogen) atoms. The average molecular weight is 275 g/mol. The summed E-state index contributed by atoms with van der Waals surface area (Å²) in [5, 5.41) is 5.79. The number of aryl methyl sites for hydroxylation is 1. The zero-order valence-electron chi connectivity index (χ0n) is 11.3. The lowest BCUT2D eigenvalue weighted by molar-refractivity contribution is -0.115. The van der Waals surface area contributed by atoms with Crippen molar-refractivity contribution in [3.8, 4) is 0 Å². The quantitative estimate of drug-likeness (QED) is 0.932. The Balaban J connectivity index is 1.97. The number of nitrogens with one attached hydrogen (secondary N) is 1. The third kappa shape index (κ3) is 3.86.